The van der Waals surface area contributed by atoms with E-state index in [1.807, 2.05) is 22.9 Å². The van der Waals surface area contributed by atoms with Crippen LogP contribution in [0, 0.1) is 5.41 Å². The molecule has 0 amide bonds. The Hall–Kier alpha value is -2.45. The van der Waals surface area contributed by atoms with Crippen LogP contribution in [0.5, 0.6) is 5.75 Å². The van der Waals surface area contributed by atoms with Gasteiger partial charge in [-0.2, -0.15) is 0 Å². The number of phenolic OH excluding ortho intramolecular Hbond substituents is 1. The van der Waals surface area contributed by atoms with Crippen LogP contribution >= 0.6 is 11.3 Å². The van der Waals surface area contributed by atoms with E-state index in [9.17, 15) is 5.11 Å². The molecule has 1 aromatic carbocycles. The van der Waals surface area contributed by atoms with Crippen molar-refractivity contribution in [1.29, 1.82) is 0 Å². The third-order valence-electron chi connectivity index (χ3n) is 6.81. The SMILES string of the molecule is CN(c1nnc(-c2ccc(-n3ccnc3)cc2O)s1)[C@H]1C[C@@]2(C)CC[C@]1(C)CN2. The molecule has 3 atom stereocenters. The fourth-order valence-corrected chi connectivity index (χ4v) is 5.65. The monoisotopic (exact) mass is 410 g/mol. The van der Waals surface area contributed by atoms with E-state index in [4.69, 9.17) is 0 Å². The van der Waals surface area contributed by atoms with E-state index in [-0.39, 0.29) is 16.7 Å². The van der Waals surface area contributed by atoms with Crippen LogP contribution in [0.2, 0.25) is 0 Å². The van der Waals surface area contributed by atoms with Crippen molar-refractivity contribution in [3.05, 3.63) is 36.9 Å². The summed E-state index contributed by atoms with van der Waals surface area (Å²) in [7, 11) is 2.13. The molecule has 2 N–H and O–H groups in total. The standard InChI is InChI=1S/C21H26N6OS/c1-20-6-7-21(2,23-12-20)11-17(20)26(3)19-25-24-18(29-19)15-5-4-14(10-16(15)28)27-9-8-22-13-27/h4-5,8-10,13,17,23,28H,6-7,11-12H2,1-3H3/t17-,20+,21+/m0/s1. The minimum atomic E-state index is 0.196. The number of piperidine rings is 2. The van der Waals surface area contributed by atoms with Crippen LogP contribution in [0.15, 0.2) is 36.9 Å². The van der Waals surface area contributed by atoms with E-state index in [0.717, 1.165) is 28.8 Å². The van der Waals surface area contributed by atoms with Gasteiger partial charge in [-0.05, 0) is 38.3 Å². The lowest BCUT2D eigenvalue weighted by atomic mass is 9.61. The van der Waals surface area contributed by atoms with Crippen molar-refractivity contribution in [1.82, 2.24) is 25.1 Å². The first-order chi connectivity index (χ1) is 13.9. The predicted molar refractivity (Wildman–Crippen MR) is 115 cm³/mol. The maximum atomic E-state index is 10.6. The second kappa shape index (κ2) is 6.53. The maximum absolute atomic E-state index is 10.6. The molecule has 8 heteroatoms. The van der Waals surface area contributed by atoms with Gasteiger partial charge in [-0.15, -0.1) is 10.2 Å². The van der Waals surface area contributed by atoms with Gasteiger partial charge in [-0.1, -0.05) is 18.3 Å². The van der Waals surface area contributed by atoms with Gasteiger partial charge in [-0.3, -0.25) is 0 Å². The number of nitrogens with zero attached hydrogens (tertiary/aromatic N) is 5. The summed E-state index contributed by atoms with van der Waals surface area (Å²) in [5, 5.41) is 24.8. The van der Waals surface area contributed by atoms with Gasteiger partial charge in [0.05, 0.1) is 17.6 Å². The molecule has 4 heterocycles. The highest BCUT2D eigenvalue weighted by atomic mass is 32.1. The molecule has 29 heavy (non-hydrogen) atoms. The largest absolute Gasteiger partial charge is 0.507 e. The summed E-state index contributed by atoms with van der Waals surface area (Å²) in [6.07, 6.45) is 8.84. The summed E-state index contributed by atoms with van der Waals surface area (Å²) in [5.41, 5.74) is 2.02. The molecular formula is C21H26N6OS. The van der Waals surface area contributed by atoms with E-state index < -0.39 is 0 Å². The van der Waals surface area contributed by atoms with Crippen LogP contribution in [0.25, 0.3) is 16.3 Å². The van der Waals surface area contributed by atoms with Gasteiger partial charge in [0.15, 0.2) is 5.01 Å². The normalized spacial score (nSPS) is 28.6. The quantitative estimate of drug-likeness (QED) is 0.686. The second-order valence-corrected chi connectivity index (χ2v) is 9.92. The van der Waals surface area contributed by atoms with Crippen LogP contribution in [-0.4, -0.2) is 50.0 Å². The second-order valence-electron chi connectivity index (χ2n) is 8.96. The van der Waals surface area contributed by atoms with Crippen LogP contribution < -0.4 is 10.2 Å². The van der Waals surface area contributed by atoms with Crippen molar-refractivity contribution in [3.63, 3.8) is 0 Å². The molecule has 2 aliphatic heterocycles. The Morgan fingerprint density at radius 3 is 2.83 bits per heavy atom. The van der Waals surface area contributed by atoms with Gasteiger partial charge in [0, 0.05) is 49.0 Å². The third kappa shape index (κ3) is 3.11. The Morgan fingerprint density at radius 1 is 1.28 bits per heavy atom. The molecule has 3 fully saturated rings. The fraction of sp³-hybridized carbons (Fsp3) is 0.476. The molecule has 3 aromatic rings. The molecule has 152 valence electrons. The highest BCUT2D eigenvalue weighted by Crippen LogP contribution is 2.48. The lowest BCUT2D eigenvalue weighted by Crippen LogP contribution is -2.67. The number of aromatic hydroxyl groups is 1. The first-order valence-electron chi connectivity index (χ1n) is 10.0. The Bertz CT molecular complexity index is 1020. The van der Waals surface area contributed by atoms with Gasteiger partial charge in [-0.25, -0.2) is 4.98 Å². The van der Waals surface area contributed by atoms with E-state index in [0.29, 0.717) is 11.6 Å². The number of hydrogen-bond acceptors (Lipinski definition) is 7. The molecule has 1 aliphatic carbocycles. The summed E-state index contributed by atoms with van der Waals surface area (Å²) in [4.78, 5) is 6.36. The lowest BCUT2D eigenvalue weighted by Gasteiger charge is -2.58. The molecule has 6 rings (SSSR count). The number of fused-ring (bicyclic) bond motifs is 3. The summed E-state index contributed by atoms with van der Waals surface area (Å²) >= 11 is 1.53. The number of benzene rings is 1. The van der Waals surface area contributed by atoms with E-state index >= 15 is 0 Å². The van der Waals surface area contributed by atoms with Gasteiger partial charge in [0.25, 0.3) is 0 Å². The van der Waals surface area contributed by atoms with Gasteiger partial charge in [0.1, 0.15) is 5.75 Å². The van der Waals surface area contributed by atoms with Crippen LogP contribution in [0.4, 0.5) is 5.13 Å². The fourth-order valence-electron chi connectivity index (χ4n) is 4.76. The number of hydrogen-bond donors (Lipinski definition) is 2. The van der Waals surface area contributed by atoms with Gasteiger partial charge >= 0.3 is 0 Å². The number of phenols is 1. The minimum absolute atomic E-state index is 0.196. The predicted octanol–water partition coefficient (Wildman–Crippen LogP) is 3.45. The zero-order valence-electron chi connectivity index (χ0n) is 17.0. The zero-order chi connectivity index (χ0) is 20.2. The average molecular weight is 411 g/mol. The first-order valence-corrected chi connectivity index (χ1v) is 10.8. The summed E-state index contributed by atoms with van der Waals surface area (Å²) in [6.45, 7) is 5.75. The van der Waals surface area contributed by atoms with Crippen molar-refractivity contribution >= 4 is 16.5 Å². The van der Waals surface area contributed by atoms with E-state index in [2.05, 4.69) is 46.3 Å². The molecule has 0 unspecified atom stereocenters. The van der Waals surface area contributed by atoms with Gasteiger partial charge < -0.3 is 19.9 Å². The average Bonchev–Trinajstić information content (AvgIpc) is 3.40. The molecule has 2 saturated heterocycles. The van der Waals surface area contributed by atoms with Crippen molar-refractivity contribution in [2.45, 2.75) is 44.7 Å². The molecule has 1 saturated carbocycles. The lowest BCUT2D eigenvalue weighted by molar-refractivity contribution is 0.0341. The van der Waals surface area contributed by atoms with Crippen molar-refractivity contribution in [3.8, 4) is 22.0 Å². The number of nitrogens with one attached hydrogen (secondary N) is 1. The molecule has 7 nitrogen and oxygen atoms in total. The smallest absolute Gasteiger partial charge is 0.208 e. The summed E-state index contributed by atoms with van der Waals surface area (Å²) in [6, 6.07) is 6.01. The third-order valence-corrected chi connectivity index (χ3v) is 7.86. The van der Waals surface area contributed by atoms with E-state index in [1.165, 1.54) is 24.2 Å². The summed E-state index contributed by atoms with van der Waals surface area (Å²) in [5.74, 6) is 0.196. The Labute approximate surface area is 174 Å². The number of aromatic nitrogens is 4. The van der Waals surface area contributed by atoms with Crippen LogP contribution in [0.1, 0.15) is 33.1 Å². The molecule has 0 radical (unpaired) electrons. The molecule has 0 spiro atoms. The highest BCUT2D eigenvalue weighted by molar-refractivity contribution is 7.18. The van der Waals surface area contributed by atoms with Crippen molar-refractivity contribution in [2.75, 3.05) is 18.5 Å². The van der Waals surface area contributed by atoms with Crippen LogP contribution in [0.3, 0.4) is 0 Å². The topological polar surface area (TPSA) is 79.1 Å². The molecular weight excluding hydrogens is 384 g/mol. The molecule has 2 bridgehead atoms. The Kier molecular flexibility index (Phi) is 4.18. The van der Waals surface area contributed by atoms with E-state index in [1.54, 1.807) is 18.6 Å². The molecule has 3 aliphatic rings. The Balaban J connectivity index is 1.41. The molecule has 2 aromatic heterocycles. The zero-order valence-corrected chi connectivity index (χ0v) is 17.8. The number of imidazole rings is 1. The van der Waals surface area contributed by atoms with Crippen molar-refractivity contribution in [2.24, 2.45) is 5.41 Å². The number of rotatable bonds is 4. The maximum Gasteiger partial charge on any atom is 0.208 e. The Morgan fingerprint density at radius 2 is 2.14 bits per heavy atom. The first kappa shape index (κ1) is 18.6. The van der Waals surface area contributed by atoms with Crippen molar-refractivity contribution < 1.29 is 5.11 Å². The van der Waals surface area contributed by atoms with Crippen LogP contribution in [-0.2, 0) is 0 Å². The van der Waals surface area contributed by atoms with Gasteiger partial charge in [0.2, 0.25) is 5.13 Å². The minimum Gasteiger partial charge on any atom is -0.507 e. The highest BCUT2D eigenvalue weighted by Gasteiger charge is 2.51. The number of anilines is 1. The summed E-state index contributed by atoms with van der Waals surface area (Å²) < 4.78 is 1.86.